The van der Waals surface area contributed by atoms with Gasteiger partial charge in [-0.1, -0.05) is 0 Å². The van der Waals surface area contributed by atoms with Crippen LogP contribution in [0.1, 0.15) is 32.1 Å². The van der Waals surface area contributed by atoms with Gasteiger partial charge in [0.2, 0.25) is 11.1 Å². The summed E-state index contributed by atoms with van der Waals surface area (Å²) in [7, 11) is 0. The summed E-state index contributed by atoms with van der Waals surface area (Å²) in [5, 5.41) is -5.04. The molecule has 1 heterocycles. The van der Waals surface area contributed by atoms with Crippen LogP contribution in [-0.2, 0) is 30.1 Å². The van der Waals surface area contributed by atoms with Crippen LogP contribution in [0, 0.1) is 0 Å². The first-order chi connectivity index (χ1) is 10.1. The van der Waals surface area contributed by atoms with Crippen molar-refractivity contribution in [3.63, 3.8) is 0 Å². The molecule has 0 aromatic rings. The Morgan fingerprint density at radius 3 is 2.50 bits per heavy atom. The SMILES string of the molecule is O=C1CCC(C(=O)OCCCCC(F)(F)C(F)(F)S(=O)O)O1. The molecule has 1 N–H and O–H groups in total. The van der Waals surface area contributed by atoms with E-state index in [1.54, 1.807) is 0 Å². The molecule has 6 nitrogen and oxygen atoms in total. The number of rotatable bonds is 8. The largest absolute Gasteiger partial charge is 0.463 e. The molecule has 1 saturated heterocycles. The van der Waals surface area contributed by atoms with Crippen molar-refractivity contribution in [1.82, 2.24) is 0 Å². The number of esters is 2. The van der Waals surface area contributed by atoms with Gasteiger partial charge < -0.3 is 14.0 Å². The first-order valence-electron chi connectivity index (χ1n) is 6.30. The van der Waals surface area contributed by atoms with E-state index in [0.717, 1.165) is 0 Å². The number of ether oxygens (including phenoxy) is 2. The molecule has 0 aromatic carbocycles. The predicted molar refractivity (Wildman–Crippen MR) is 64.6 cm³/mol. The van der Waals surface area contributed by atoms with Gasteiger partial charge in [0.25, 0.3) is 0 Å². The Morgan fingerprint density at radius 2 is 2.00 bits per heavy atom. The summed E-state index contributed by atoms with van der Waals surface area (Å²) in [6.45, 7) is -0.309. The minimum atomic E-state index is -5.04. The van der Waals surface area contributed by atoms with Crippen LogP contribution in [0.5, 0.6) is 0 Å². The third-order valence-corrected chi connectivity index (χ3v) is 3.66. The maximum atomic E-state index is 13.1. The van der Waals surface area contributed by atoms with Crippen molar-refractivity contribution in [2.45, 2.75) is 49.4 Å². The molecule has 0 bridgehead atoms. The highest BCUT2D eigenvalue weighted by molar-refractivity contribution is 7.80. The molecule has 1 aliphatic rings. The summed E-state index contributed by atoms with van der Waals surface area (Å²) in [5.74, 6) is -6.00. The van der Waals surface area contributed by atoms with Crippen LogP contribution in [0.4, 0.5) is 17.6 Å². The molecule has 0 aliphatic carbocycles. The van der Waals surface area contributed by atoms with E-state index < -0.39 is 53.1 Å². The fraction of sp³-hybridized carbons (Fsp3) is 0.818. The van der Waals surface area contributed by atoms with E-state index in [0.29, 0.717) is 0 Å². The van der Waals surface area contributed by atoms with Crippen LogP contribution in [0.15, 0.2) is 0 Å². The van der Waals surface area contributed by atoms with Gasteiger partial charge >= 0.3 is 23.1 Å². The lowest BCUT2D eigenvalue weighted by Crippen LogP contribution is -2.43. The predicted octanol–water partition coefficient (Wildman–Crippen LogP) is 1.86. The zero-order chi connectivity index (χ0) is 17.0. The third-order valence-electron chi connectivity index (χ3n) is 2.92. The summed E-state index contributed by atoms with van der Waals surface area (Å²) in [4.78, 5) is 22.1. The van der Waals surface area contributed by atoms with E-state index in [9.17, 15) is 31.4 Å². The van der Waals surface area contributed by atoms with Gasteiger partial charge in [-0.2, -0.15) is 17.6 Å². The summed E-state index contributed by atoms with van der Waals surface area (Å²) in [6.07, 6.45) is -2.69. The Bertz CT molecular complexity index is 456. The number of carbonyl (C=O) groups excluding carboxylic acids is 2. The van der Waals surface area contributed by atoms with Gasteiger partial charge in [0, 0.05) is 19.3 Å². The summed E-state index contributed by atoms with van der Waals surface area (Å²) >= 11 is -3.98. The maximum absolute atomic E-state index is 13.1. The van der Waals surface area contributed by atoms with Gasteiger partial charge in [-0.15, -0.1) is 0 Å². The lowest BCUT2D eigenvalue weighted by molar-refractivity contribution is -0.164. The number of carbonyl (C=O) groups is 2. The maximum Gasteiger partial charge on any atom is 0.406 e. The smallest absolute Gasteiger partial charge is 0.406 e. The van der Waals surface area contributed by atoms with Gasteiger partial charge in [0.15, 0.2) is 6.10 Å². The van der Waals surface area contributed by atoms with Crippen molar-refractivity contribution >= 4 is 23.0 Å². The molecule has 0 saturated carbocycles. The van der Waals surface area contributed by atoms with Crippen molar-refractivity contribution in [2.24, 2.45) is 0 Å². The molecule has 128 valence electrons. The van der Waals surface area contributed by atoms with Crippen LogP contribution in [0.2, 0.25) is 0 Å². The fourth-order valence-corrected chi connectivity index (χ4v) is 2.04. The van der Waals surface area contributed by atoms with E-state index in [1.807, 2.05) is 0 Å². The molecular formula is C11H14F4O6S. The molecular weight excluding hydrogens is 336 g/mol. The first kappa shape index (κ1) is 18.8. The molecule has 11 heteroatoms. The molecule has 1 rings (SSSR count). The second-order valence-corrected chi connectivity index (χ2v) is 5.62. The third kappa shape index (κ3) is 4.63. The van der Waals surface area contributed by atoms with Crippen molar-refractivity contribution in [2.75, 3.05) is 6.61 Å². The van der Waals surface area contributed by atoms with Crippen molar-refractivity contribution in [1.29, 1.82) is 0 Å². The van der Waals surface area contributed by atoms with E-state index in [1.165, 1.54) is 0 Å². The zero-order valence-electron chi connectivity index (χ0n) is 11.2. The van der Waals surface area contributed by atoms with Gasteiger partial charge in [0.1, 0.15) is 0 Å². The van der Waals surface area contributed by atoms with Crippen molar-refractivity contribution in [3.8, 4) is 0 Å². The quantitative estimate of drug-likeness (QED) is 0.311. The molecule has 22 heavy (non-hydrogen) atoms. The number of hydrogen-bond acceptors (Lipinski definition) is 5. The average Bonchev–Trinajstić information content (AvgIpc) is 2.84. The number of halogens is 4. The molecule has 0 radical (unpaired) electrons. The van der Waals surface area contributed by atoms with Gasteiger partial charge in [-0.3, -0.25) is 4.79 Å². The fourth-order valence-electron chi connectivity index (χ4n) is 1.68. The topological polar surface area (TPSA) is 89.9 Å². The standard InChI is InChI=1S/C11H14F4O6S/c12-10(13,11(14,15)22(18)19)5-1-2-6-20-9(17)7-3-4-8(16)21-7/h7H,1-6H2,(H,18,19). The molecule has 2 unspecified atom stereocenters. The molecule has 0 amide bonds. The molecule has 1 aliphatic heterocycles. The Balaban J connectivity index is 2.26. The van der Waals surface area contributed by atoms with E-state index >= 15 is 0 Å². The Hall–Kier alpha value is -1.23. The second kappa shape index (κ2) is 7.36. The molecule has 2 atom stereocenters. The van der Waals surface area contributed by atoms with Crippen LogP contribution in [0.25, 0.3) is 0 Å². The Labute approximate surface area is 125 Å². The van der Waals surface area contributed by atoms with Crippen LogP contribution in [-0.4, -0.2) is 44.6 Å². The minimum Gasteiger partial charge on any atom is -0.463 e. The first-order valence-corrected chi connectivity index (χ1v) is 7.41. The Kier molecular flexibility index (Phi) is 6.29. The van der Waals surface area contributed by atoms with Crippen LogP contribution < -0.4 is 0 Å². The second-order valence-electron chi connectivity index (χ2n) is 4.61. The Morgan fingerprint density at radius 1 is 1.36 bits per heavy atom. The lowest BCUT2D eigenvalue weighted by atomic mass is 10.1. The minimum absolute atomic E-state index is 0.0827. The average molecular weight is 350 g/mol. The number of alkyl halides is 4. The highest BCUT2D eigenvalue weighted by Gasteiger charge is 2.60. The van der Waals surface area contributed by atoms with Crippen LogP contribution in [0.3, 0.4) is 0 Å². The molecule has 0 aromatic heterocycles. The number of unbranched alkanes of at least 4 members (excludes halogenated alkanes) is 1. The van der Waals surface area contributed by atoms with Crippen molar-refractivity contribution < 1.29 is 45.4 Å². The van der Waals surface area contributed by atoms with E-state index in [2.05, 4.69) is 9.47 Å². The normalized spacial score (nSPS) is 20.6. The van der Waals surface area contributed by atoms with Gasteiger partial charge in [-0.05, 0) is 12.8 Å². The number of hydrogen-bond donors (Lipinski definition) is 1. The molecule has 0 spiro atoms. The summed E-state index contributed by atoms with van der Waals surface area (Å²) < 4.78 is 79.3. The number of cyclic esters (lactones) is 1. The van der Waals surface area contributed by atoms with E-state index in [-0.39, 0.29) is 25.9 Å². The van der Waals surface area contributed by atoms with Gasteiger partial charge in [-0.25, -0.2) is 9.00 Å². The zero-order valence-corrected chi connectivity index (χ0v) is 12.0. The monoisotopic (exact) mass is 350 g/mol. The highest BCUT2D eigenvalue weighted by atomic mass is 32.2. The summed E-state index contributed by atoms with van der Waals surface area (Å²) in [6, 6.07) is 0. The van der Waals surface area contributed by atoms with Crippen LogP contribution >= 0.6 is 0 Å². The highest BCUT2D eigenvalue weighted by Crippen LogP contribution is 2.40. The van der Waals surface area contributed by atoms with Gasteiger partial charge in [0.05, 0.1) is 6.61 Å². The lowest BCUT2D eigenvalue weighted by Gasteiger charge is -2.23. The van der Waals surface area contributed by atoms with E-state index in [4.69, 9.17) is 4.55 Å². The molecule has 1 fully saturated rings. The van der Waals surface area contributed by atoms with Crippen molar-refractivity contribution in [3.05, 3.63) is 0 Å². The summed E-state index contributed by atoms with van der Waals surface area (Å²) in [5.41, 5.74) is 0.